The van der Waals surface area contributed by atoms with Crippen LogP contribution in [-0.4, -0.2) is 37.7 Å². The average Bonchev–Trinajstić information content (AvgIpc) is 3.40. The first-order valence-electron chi connectivity index (χ1n) is 11.9. The van der Waals surface area contributed by atoms with Crippen molar-refractivity contribution in [2.24, 2.45) is 5.92 Å². The number of pyridine rings is 1. The lowest BCUT2D eigenvalue weighted by Crippen LogP contribution is -2.29. The highest BCUT2D eigenvalue weighted by atomic mass is 35.5. The Morgan fingerprint density at radius 2 is 2.03 bits per heavy atom. The molecule has 1 amide bonds. The van der Waals surface area contributed by atoms with Crippen molar-refractivity contribution in [3.63, 3.8) is 0 Å². The van der Waals surface area contributed by atoms with E-state index in [9.17, 15) is 9.90 Å². The summed E-state index contributed by atoms with van der Waals surface area (Å²) in [5, 5.41) is 18.4. The Bertz CT molecular complexity index is 1390. The van der Waals surface area contributed by atoms with Crippen LogP contribution in [0.4, 0.5) is 0 Å². The zero-order valence-electron chi connectivity index (χ0n) is 20.1. The molecule has 0 radical (unpaired) electrons. The number of aromatic hydroxyl groups is 1. The normalized spacial score (nSPS) is 14.9. The highest BCUT2D eigenvalue weighted by molar-refractivity contribution is 6.31. The van der Waals surface area contributed by atoms with E-state index < -0.39 is 6.04 Å². The number of aromatic amines is 1. The summed E-state index contributed by atoms with van der Waals surface area (Å²) in [5.41, 5.74) is 3.83. The van der Waals surface area contributed by atoms with Gasteiger partial charge < -0.3 is 14.7 Å². The van der Waals surface area contributed by atoms with Gasteiger partial charge in [-0.25, -0.2) is 0 Å². The van der Waals surface area contributed by atoms with Crippen molar-refractivity contribution in [3.8, 4) is 22.8 Å². The number of carbonyl (C=O) groups is 1. The molecule has 0 fully saturated rings. The van der Waals surface area contributed by atoms with Gasteiger partial charge in [0.25, 0.3) is 5.91 Å². The number of nitrogens with one attached hydrogen (secondary N) is 1. The Kier molecular flexibility index (Phi) is 6.65. The number of aromatic nitrogens is 3. The highest BCUT2D eigenvalue weighted by Gasteiger charge is 2.42. The zero-order chi connectivity index (χ0) is 25.2. The molecular weight excluding hydrogens is 476 g/mol. The van der Waals surface area contributed by atoms with Gasteiger partial charge in [0.1, 0.15) is 22.9 Å². The van der Waals surface area contributed by atoms with Crippen LogP contribution in [0.3, 0.4) is 0 Å². The Morgan fingerprint density at radius 3 is 2.81 bits per heavy atom. The second-order valence-electron chi connectivity index (χ2n) is 9.32. The molecule has 184 valence electrons. The lowest BCUT2D eigenvalue weighted by molar-refractivity contribution is 0.0729. The number of hydrogen-bond donors (Lipinski definition) is 2. The molecule has 7 nitrogen and oxygen atoms in total. The van der Waals surface area contributed by atoms with Gasteiger partial charge in [-0.15, -0.1) is 0 Å². The third-order valence-corrected chi connectivity index (χ3v) is 6.53. The van der Waals surface area contributed by atoms with Crippen molar-refractivity contribution < 1.29 is 14.6 Å². The van der Waals surface area contributed by atoms with E-state index in [0.717, 1.165) is 23.3 Å². The Balaban J connectivity index is 1.60. The van der Waals surface area contributed by atoms with E-state index in [2.05, 4.69) is 29.0 Å². The molecule has 3 heterocycles. The van der Waals surface area contributed by atoms with E-state index in [4.69, 9.17) is 16.3 Å². The number of nitrogens with zero attached hydrogens (tertiary/aromatic N) is 3. The minimum atomic E-state index is -0.450. The van der Waals surface area contributed by atoms with Crippen LogP contribution < -0.4 is 4.74 Å². The van der Waals surface area contributed by atoms with Crippen LogP contribution in [0, 0.1) is 5.92 Å². The van der Waals surface area contributed by atoms with Crippen LogP contribution in [0.15, 0.2) is 67.0 Å². The highest BCUT2D eigenvalue weighted by Crippen LogP contribution is 2.45. The molecule has 4 aromatic rings. The lowest BCUT2D eigenvalue weighted by Gasteiger charge is -2.27. The number of ether oxygens (including phenoxy) is 1. The molecule has 36 heavy (non-hydrogen) atoms. The van der Waals surface area contributed by atoms with Crippen LogP contribution in [0.2, 0.25) is 5.02 Å². The fraction of sp³-hybridized carbons (Fsp3) is 0.250. The SMILES string of the molecule is CC(C)CCOc1cccc(C2c3c(-c4cc(Cl)ccc4O)n[nH]c3C(=O)N2Cc2cccnc2)c1. The number of rotatable bonds is 8. The molecule has 0 saturated heterocycles. The summed E-state index contributed by atoms with van der Waals surface area (Å²) < 4.78 is 6.02. The summed E-state index contributed by atoms with van der Waals surface area (Å²) >= 11 is 6.24. The second-order valence-corrected chi connectivity index (χ2v) is 9.76. The minimum absolute atomic E-state index is 0.0383. The first-order valence-corrected chi connectivity index (χ1v) is 12.3. The van der Waals surface area contributed by atoms with Gasteiger partial charge >= 0.3 is 0 Å². The minimum Gasteiger partial charge on any atom is -0.507 e. The van der Waals surface area contributed by atoms with Crippen molar-refractivity contribution in [1.82, 2.24) is 20.1 Å². The monoisotopic (exact) mass is 502 g/mol. The Morgan fingerprint density at radius 1 is 1.17 bits per heavy atom. The van der Waals surface area contributed by atoms with Crippen LogP contribution in [0.25, 0.3) is 11.3 Å². The fourth-order valence-corrected chi connectivity index (χ4v) is 4.66. The second kappa shape index (κ2) is 10.0. The van der Waals surface area contributed by atoms with Gasteiger partial charge in [-0.2, -0.15) is 5.10 Å². The summed E-state index contributed by atoms with van der Waals surface area (Å²) in [6.45, 7) is 5.29. The van der Waals surface area contributed by atoms with Crippen molar-refractivity contribution >= 4 is 17.5 Å². The van der Waals surface area contributed by atoms with E-state index in [1.54, 1.807) is 29.4 Å². The predicted molar refractivity (Wildman–Crippen MR) is 138 cm³/mol. The molecule has 0 bridgehead atoms. The molecule has 1 aliphatic heterocycles. The van der Waals surface area contributed by atoms with Gasteiger partial charge in [-0.05, 0) is 59.9 Å². The number of carbonyl (C=O) groups excluding carboxylic acids is 1. The standard InChI is InChI=1S/C28H27ClN4O3/c1-17(2)10-12-36-21-7-3-6-19(13-21)27-24-25(22-14-20(29)8-9-23(22)34)31-32-26(24)28(35)33(27)16-18-5-4-11-30-15-18/h3-9,11,13-15,17,27,34H,10,12,16H2,1-2H3,(H,31,32). The van der Waals surface area contributed by atoms with E-state index in [-0.39, 0.29) is 11.7 Å². The number of hydrogen-bond acceptors (Lipinski definition) is 5. The maximum Gasteiger partial charge on any atom is 0.273 e. The van der Waals surface area contributed by atoms with Crippen molar-refractivity contribution in [2.45, 2.75) is 32.9 Å². The molecule has 1 aliphatic rings. The van der Waals surface area contributed by atoms with Gasteiger partial charge in [-0.1, -0.05) is 43.6 Å². The maximum atomic E-state index is 13.6. The molecule has 8 heteroatoms. The average molecular weight is 503 g/mol. The largest absolute Gasteiger partial charge is 0.507 e. The molecule has 2 aromatic heterocycles. The number of amides is 1. The van der Waals surface area contributed by atoms with Gasteiger partial charge in [0.2, 0.25) is 0 Å². The quantitative estimate of drug-likeness (QED) is 0.308. The van der Waals surface area contributed by atoms with E-state index in [1.165, 1.54) is 6.07 Å². The topological polar surface area (TPSA) is 91.3 Å². The van der Waals surface area contributed by atoms with E-state index >= 15 is 0 Å². The third kappa shape index (κ3) is 4.66. The van der Waals surface area contributed by atoms with Gasteiger partial charge in [0.05, 0.1) is 12.6 Å². The maximum absolute atomic E-state index is 13.6. The number of H-pyrrole nitrogens is 1. The molecule has 5 rings (SSSR count). The molecule has 0 saturated carbocycles. The van der Waals surface area contributed by atoms with Crippen LogP contribution in [0.5, 0.6) is 11.5 Å². The summed E-state index contributed by atoms with van der Waals surface area (Å²) in [7, 11) is 0. The molecule has 1 atom stereocenters. The zero-order valence-corrected chi connectivity index (χ0v) is 20.9. The van der Waals surface area contributed by atoms with Crippen molar-refractivity contribution in [3.05, 3.63) is 94.4 Å². The number of phenols is 1. The molecular formula is C28H27ClN4O3. The van der Waals surface area contributed by atoms with Gasteiger partial charge in [0, 0.05) is 35.1 Å². The molecule has 2 N–H and O–H groups in total. The first kappa shape index (κ1) is 23.9. The summed E-state index contributed by atoms with van der Waals surface area (Å²) in [4.78, 5) is 19.6. The third-order valence-electron chi connectivity index (χ3n) is 6.29. The summed E-state index contributed by atoms with van der Waals surface area (Å²) in [6, 6.07) is 15.9. The molecule has 0 aliphatic carbocycles. The number of benzene rings is 2. The van der Waals surface area contributed by atoms with Crippen LogP contribution in [-0.2, 0) is 6.54 Å². The van der Waals surface area contributed by atoms with Crippen molar-refractivity contribution in [2.75, 3.05) is 6.61 Å². The molecule has 2 aromatic carbocycles. The van der Waals surface area contributed by atoms with Gasteiger partial charge in [0.15, 0.2) is 0 Å². The smallest absolute Gasteiger partial charge is 0.273 e. The fourth-order valence-electron chi connectivity index (χ4n) is 4.48. The van der Waals surface area contributed by atoms with Crippen molar-refractivity contribution in [1.29, 1.82) is 0 Å². The predicted octanol–water partition coefficient (Wildman–Crippen LogP) is 6.00. The Labute approximate surface area is 214 Å². The number of phenolic OH excluding ortho intramolecular Hbond substituents is 1. The van der Waals surface area contributed by atoms with Crippen LogP contribution >= 0.6 is 11.6 Å². The van der Waals surface area contributed by atoms with Gasteiger partial charge in [-0.3, -0.25) is 14.9 Å². The lowest BCUT2D eigenvalue weighted by atomic mass is 9.95. The van der Waals surface area contributed by atoms with Crippen LogP contribution in [0.1, 0.15) is 53.5 Å². The Hall–Kier alpha value is -3.84. The molecule has 1 unspecified atom stereocenters. The summed E-state index contributed by atoms with van der Waals surface area (Å²) in [6.07, 6.45) is 4.41. The first-order chi connectivity index (χ1) is 17.4. The van der Waals surface area contributed by atoms with E-state index in [0.29, 0.717) is 46.6 Å². The molecule has 0 spiro atoms. The number of halogens is 1. The summed E-state index contributed by atoms with van der Waals surface area (Å²) in [5.74, 6) is 1.14. The number of fused-ring (bicyclic) bond motifs is 1. The van der Waals surface area contributed by atoms with E-state index in [1.807, 2.05) is 36.4 Å².